The molecular weight excluding hydrogens is 378 g/mol. The van der Waals surface area contributed by atoms with Crippen LogP contribution in [0.1, 0.15) is 36.2 Å². The van der Waals surface area contributed by atoms with Gasteiger partial charge in [0.25, 0.3) is 0 Å². The molecule has 9 heteroatoms. The van der Waals surface area contributed by atoms with Gasteiger partial charge in [0.2, 0.25) is 10.0 Å². The van der Waals surface area contributed by atoms with Crippen molar-refractivity contribution in [1.29, 1.82) is 0 Å². The molecule has 0 spiro atoms. The van der Waals surface area contributed by atoms with E-state index < -0.39 is 10.0 Å². The van der Waals surface area contributed by atoms with Gasteiger partial charge in [-0.05, 0) is 45.1 Å². The zero-order valence-corrected chi connectivity index (χ0v) is 17.7. The molecule has 2 aromatic heterocycles. The first-order valence-corrected chi connectivity index (χ1v) is 11.1. The van der Waals surface area contributed by atoms with Gasteiger partial charge in [-0.3, -0.25) is 4.68 Å². The Morgan fingerprint density at radius 1 is 1.25 bits per heavy atom. The molecule has 2 aromatic rings. The van der Waals surface area contributed by atoms with E-state index in [4.69, 9.17) is 4.74 Å². The van der Waals surface area contributed by atoms with Crippen molar-refractivity contribution < 1.29 is 13.2 Å². The summed E-state index contributed by atoms with van der Waals surface area (Å²) in [5.74, 6) is 0.296. The molecule has 0 bridgehead atoms. The second kappa shape index (κ2) is 6.81. The van der Waals surface area contributed by atoms with E-state index >= 15 is 0 Å². The van der Waals surface area contributed by atoms with Crippen molar-refractivity contribution in [3.05, 3.63) is 29.3 Å². The van der Waals surface area contributed by atoms with Gasteiger partial charge in [0.05, 0.1) is 18.0 Å². The van der Waals surface area contributed by atoms with Crippen LogP contribution in [0.5, 0.6) is 6.01 Å². The largest absolute Gasteiger partial charge is 0.463 e. The monoisotopic (exact) mass is 405 g/mol. The van der Waals surface area contributed by atoms with Gasteiger partial charge in [0.1, 0.15) is 4.90 Å². The van der Waals surface area contributed by atoms with Crippen molar-refractivity contribution in [3.63, 3.8) is 0 Å². The van der Waals surface area contributed by atoms with E-state index in [1.807, 2.05) is 6.92 Å². The summed E-state index contributed by atoms with van der Waals surface area (Å²) in [7, 11) is -1.81. The van der Waals surface area contributed by atoms with Crippen LogP contribution >= 0.6 is 0 Å². The van der Waals surface area contributed by atoms with E-state index in [1.165, 1.54) is 0 Å². The van der Waals surface area contributed by atoms with E-state index in [0.29, 0.717) is 47.9 Å². The maximum atomic E-state index is 13.4. The Kier molecular flexibility index (Phi) is 4.70. The molecule has 1 saturated carbocycles. The number of fused-ring (bicyclic) bond motifs is 1. The summed E-state index contributed by atoms with van der Waals surface area (Å²) in [6.07, 6.45) is 6.54. The van der Waals surface area contributed by atoms with Gasteiger partial charge >= 0.3 is 6.01 Å². The van der Waals surface area contributed by atoms with Crippen molar-refractivity contribution in [2.75, 3.05) is 19.7 Å². The van der Waals surface area contributed by atoms with Gasteiger partial charge in [0, 0.05) is 37.9 Å². The number of nitrogens with zero attached hydrogens (tertiary/aromatic N) is 5. The van der Waals surface area contributed by atoms with Gasteiger partial charge in [-0.15, -0.1) is 0 Å². The van der Waals surface area contributed by atoms with Crippen LogP contribution < -0.4 is 4.74 Å². The Morgan fingerprint density at radius 3 is 2.61 bits per heavy atom. The number of rotatable bonds is 5. The van der Waals surface area contributed by atoms with Crippen molar-refractivity contribution in [2.45, 2.75) is 44.9 Å². The Balaban J connectivity index is 1.57. The molecule has 2 atom stereocenters. The molecule has 2 aliphatic rings. The van der Waals surface area contributed by atoms with Crippen molar-refractivity contribution in [3.8, 4) is 6.01 Å². The summed E-state index contributed by atoms with van der Waals surface area (Å²) in [6.45, 7) is 6.94. The lowest BCUT2D eigenvalue weighted by atomic mass is 9.82. The molecule has 8 nitrogen and oxygen atoms in total. The maximum absolute atomic E-state index is 13.4. The second-order valence-corrected chi connectivity index (χ2v) is 10.1. The van der Waals surface area contributed by atoms with Crippen molar-refractivity contribution in [1.82, 2.24) is 24.1 Å². The van der Waals surface area contributed by atoms with Crippen LogP contribution in [0, 0.1) is 32.1 Å². The highest BCUT2D eigenvalue weighted by atomic mass is 32.2. The normalized spacial score (nSPS) is 25.2. The fourth-order valence-corrected chi connectivity index (χ4v) is 6.69. The number of ether oxygens (including phenoxy) is 1. The van der Waals surface area contributed by atoms with Crippen LogP contribution in [-0.2, 0) is 17.1 Å². The van der Waals surface area contributed by atoms with Crippen LogP contribution in [0.25, 0.3) is 0 Å². The third-order valence-corrected chi connectivity index (χ3v) is 8.36. The molecule has 4 rings (SSSR count). The third kappa shape index (κ3) is 3.10. The van der Waals surface area contributed by atoms with E-state index in [0.717, 1.165) is 24.8 Å². The Labute approximate surface area is 166 Å². The maximum Gasteiger partial charge on any atom is 0.316 e. The van der Waals surface area contributed by atoms with Crippen molar-refractivity contribution >= 4 is 10.0 Å². The summed E-state index contributed by atoms with van der Waals surface area (Å²) in [5, 5.41) is 4.29. The highest BCUT2D eigenvalue weighted by Crippen LogP contribution is 2.50. The van der Waals surface area contributed by atoms with Crippen molar-refractivity contribution in [2.24, 2.45) is 18.4 Å². The van der Waals surface area contributed by atoms with Gasteiger partial charge < -0.3 is 4.74 Å². The number of aromatic nitrogens is 4. The molecule has 28 heavy (non-hydrogen) atoms. The van der Waals surface area contributed by atoms with Crippen LogP contribution in [0.3, 0.4) is 0 Å². The molecule has 2 unspecified atom stereocenters. The molecular formula is C19H27N5O3S. The van der Waals surface area contributed by atoms with Gasteiger partial charge in [-0.2, -0.15) is 9.40 Å². The van der Waals surface area contributed by atoms with Gasteiger partial charge in [0.15, 0.2) is 0 Å². The topological polar surface area (TPSA) is 90.2 Å². The first-order chi connectivity index (χ1) is 13.2. The highest BCUT2D eigenvalue weighted by molar-refractivity contribution is 7.89. The highest BCUT2D eigenvalue weighted by Gasteiger charge is 2.53. The zero-order valence-electron chi connectivity index (χ0n) is 16.8. The first kappa shape index (κ1) is 19.3. The minimum atomic E-state index is -3.58. The van der Waals surface area contributed by atoms with E-state index in [-0.39, 0.29) is 5.41 Å². The van der Waals surface area contributed by atoms with Gasteiger partial charge in [-0.1, -0.05) is 6.42 Å². The Bertz CT molecular complexity index is 986. The average molecular weight is 406 g/mol. The molecule has 0 radical (unpaired) electrons. The van der Waals surface area contributed by atoms with E-state index in [1.54, 1.807) is 42.3 Å². The number of sulfonamides is 1. The lowest BCUT2D eigenvalue weighted by Crippen LogP contribution is -2.36. The minimum absolute atomic E-state index is 0.175. The van der Waals surface area contributed by atoms with Gasteiger partial charge in [-0.25, -0.2) is 18.4 Å². The second-order valence-electron chi connectivity index (χ2n) is 8.20. The molecule has 0 aromatic carbocycles. The lowest BCUT2D eigenvalue weighted by Gasteiger charge is -2.28. The molecule has 2 fully saturated rings. The smallest absolute Gasteiger partial charge is 0.316 e. The summed E-state index contributed by atoms with van der Waals surface area (Å²) >= 11 is 0. The molecule has 1 aliphatic heterocycles. The molecule has 0 N–H and O–H groups in total. The van der Waals surface area contributed by atoms with Crippen LogP contribution in [0.2, 0.25) is 0 Å². The standard InChI is InChI=1S/C19H27N5O3S/c1-13-8-20-18(21-9-13)27-12-19-7-5-6-16(19)10-24(11-19)28(25,26)17-14(2)22-23(4)15(17)3/h8-9,16H,5-7,10-12H2,1-4H3. The van der Waals surface area contributed by atoms with E-state index in [9.17, 15) is 8.42 Å². The fourth-order valence-electron chi connectivity index (χ4n) is 4.70. The third-order valence-electron chi connectivity index (χ3n) is 6.30. The summed E-state index contributed by atoms with van der Waals surface area (Å²) in [5.41, 5.74) is 2.03. The first-order valence-electron chi connectivity index (χ1n) is 9.65. The number of hydrogen-bond acceptors (Lipinski definition) is 6. The average Bonchev–Trinajstić information content (AvgIpc) is 3.26. The molecule has 0 amide bonds. The molecule has 1 saturated heterocycles. The van der Waals surface area contributed by atoms with Crippen LogP contribution in [0.4, 0.5) is 0 Å². The molecule has 1 aliphatic carbocycles. The van der Waals surface area contributed by atoms with Crippen LogP contribution in [0.15, 0.2) is 17.3 Å². The summed E-state index contributed by atoms with van der Waals surface area (Å²) in [6, 6.07) is 0.353. The lowest BCUT2D eigenvalue weighted by molar-refractivity contribution is 0.126. The Hall–Kier alpha value is -2.00. The predicted molar refractivity (Wildman–Crippen MR) is 103 cm³/mol. The summed E-state index contributed by atoms with van der Waals surface area (Å²) in [4.78, 5) is 8.77. The Morgan fingerprint density at radius 2 is 1.96 bits per heavy atom. The molecule has 152 valence electrons. The number of aryl methyl sites for hydroxylation is 3. The van der Waals surface area contributed by atoms with E-state index in [2.05, 4.69) is 15.1 Å². The predicted octanol–water partition coefficient (Wildman–Crippen LogP) is 2.01. The quantitative estimate of drug-likeness (QED) is 0.756. The summed E-state index contributed by atoms with van der Waals surface area (Å²) < 4.78 is 35.9. The fraction of sp³-hybridized carbons (Fsp3) is 0.632. The molecule has 3 heterocycles. The minimum Gasteiger partial charge on any atom is -0.463 e. The number of hydrogen-bond donors (Lipinski definition) is 0. The zero-order chi connectivity index (χ0) is 20.1. The van der Waals surface area contributed by atoms with Crippen LogP contribution in [-0.4, -0.2) is 52.2 Å². The SMILES string of the molecule is Cc1cnc(OCC23CCCC2CN(S(=O)(=O)c2c(C)nn(C)c2C)C3)nc1.